The first kappa shape index (κ1) is 16.3. The molecule has 0 aliphatic heterocycles. The molecule has 2 aromatic carbocycles. The zero-order chi connectivity index (χ0) is 14.8. The number of hydrogen-bond donors (Lipinski definition) is 0. The van der Waals surface area contributed by atoms with E-state index in [-0.39, 0.29) is 5.78 Å². The molecule has 20 heavy (non-hydrogen) atoms. The molecule has 0 unspecified atom stereocenters. The standard InChI is InChI=1S/C14H14OS.C3H6O/c15-16(11-13-7-3-1-4-8-13)12-14-9-5-2-6-10-14;1-3(2)4/h1-10H,11-12H2;1-2H3. The topological polar surface area (TPSA) is 34.1 Å². The second kappa shape index (κ2) is 9.21. The lowest BCUT2D eigenvalue weighted by Gasteiger charge is -2.02. The van der Waals surface area contributed by atoms with Crippen molar-refractivity contribution in [2.24, 2.45) is 0 Å². The molecule has 0 saturated heterocycles. The van der Waals surface area contributed by atoms with Crippen LogP contribution in [0.3, 0.4) is 0 Å². The van der Waals surface area contributed by atoms with Crippen LogP contribution in [0.1, 0.15) is 25.0 Å². The fourth-order valence-corrected chi connectivity index (χ4v) is 2.80. The lowest BCUT2D eigenvalue weighted by Crippen LogP contribution is -1.99. The molecule has 0 atom stereocenters. The Morgan fingerprint density at radius 3 is 1.40 bits per heavy atom. The Morgan fingerprint density at radius 1 is 0.800 bits per heavy atom. The number of ketones is 1. The predicted molar refractivity (Wildman–Crippen MR) is 84.8 cm³/mol. The van der Waals surface area contributed by atoms with E-state index in [1.165, 1.54) is 13.8 Å². The Bertz CT molecular complexity index is 488. The Balaban J connectivity index is 0.000000444. The van der Waals surface area contributed by atoms with Gasteiger partial charge in [-0.3, -0.25) is 4.21 Å². The number of Topliss-reactive ketones (excluding diaryl/α,β-unsaturated/α-hetero) is 1. The van der Waals surface area contributed by atoms with Crippen LogP contribution in [-0.4, -0.2) is 9.99 Å². The van der Waals surface area contributed by atoms with Gasteiger partial charge in [-0.05, 0) is 25.0 Å². The fourth-order valence-electron chi connectivity index (χ4n) is 1.57. The van der Waals surface area contributed by atoms with Gasteiger partial charge in [0.25, 0.3) is 0 Å². The van der Waals surface area contributed by atoms with Crippen molar-refractivity contribution in [2.75, 3.05) is 0 Å². The van der Waals surface area contributed by atoms with Gasteiger partial charge in [0.2, 0.25) is 0 Å². The third-order valence-corrected chi connectivity index (χ3v) is 3.65. The van der Waals surface area contributed by atoms with E-state index in [0.29, 0.717) is 11.5 Å². The molecule has 2 nitrogen and oxygen atoms in total. The van der Waals surface area contributed by atoms with Crippen molar-refractivity contribution in [1.29, 1.82) is 0 Å². The number of carbonyl (C=O) groups is 1. The molecule has 0 radical (unpaired) electrons. The van der Waals surface area contributed by atoms with Crippen LogP contribution in [0.2, 0.25) is 0 Å². The molecule has 0 heterocycles. The highest BCUT2D eigenvalue weighted by Gasteiger charge is 2.02. The maximum Gasteiger partial charge on any atom is 0.126 e. The van der Waals surface area contributed by atoms with Gasteiger partial charge in [-0.25, -0.2) is 0 Å². The summed E-state index contributed by atoms with van der Waals surface area (Å²) in [6.07, 6.45) is 0. The first-order chi connectivity index (χ1) is 9.58. The fraction of sp³-hybridized carbons (Fsp3) is 0.235. The summed E-state index contributed by atoms with van der Waals surface area (Å²) in [4.78, 5) is 9.44. The number of rotatable bonds is 4. The molecule has 0 aromatic heterocycles. The number of benzene rings is 2. The van der Waals surface area contributed by atoms with Crippen LogP contribution in [0, 0.1) is 0 Å². The summed E-state index contributed by atoms with van der Waals surface area (Å²) in [6, 6.07) is 19.9. The summed E-state index contributed by atoms with van der Waals surface area (Å²) >= 11 is 0. The van der Waals surface area contributed by atoms with Gasteiger partial charge in [0.1, 0.15) is 5.78 Å². The average Bonchev–Trinajstić information content (AvgIpc) is 2.40. The zero-order valence-corrected chi connectivity index (χ0v) is 12.7. The van der Waals surface area contributed by atoms with Gasteiger partial charge < -0.3 is 4.79 Å². The lowest BCUT2D eigenvalue weighted by molar-refractivity contribution is -0.114. The molecule has 2 aromatic rings. The van der Waals surface area contributed by atoms with Crippen LogP contribution in [0.25, 0.3) is 0 Å². The Hall–Kier alpha value is -1.74. The van der Waals surface area contributed by atoms with Crippen molar-refractivity contribution >= 4 is 16.6 Å². The van der Waals surface area contributed by atoms with Crippen LogP contribution in [0.5, 0.6) is 0 Å². The molecule has 0 saturated carbocycles. The minimum absolute atomic E-state index is 0.167. The van der Waals surface area contributed by atoms with Gasteiger partial charge in [0, 0.05) is 22.3 Å². The molecule has 0 N–H and O–H groups in total. The van der Waals surface area contributed by atoms with Gasteiger partial charge >= 0.3 is 0 Å². The molecule has 106 valence electrons. The maximum absolute atomic E-state index is 11.9. The molecule has 0 bridgehead atoms. The van der Waals surface area contributed by atoms with E-state index >= 15 is 0 Å². The largest absolute Gasteiger partial charge is 0.300 e. The van der Waals surface area contributed by atoms with E-state index in [2.05, 4.69) is 0 Å². The normalized spacial score (nSPS) is 9.75. The van der Waals surface area contributed by atoms with Gasteiger partial charge in [-0.1, -0.05) is 60.7 Å². The summed E-state index contributed by atoms with van der Waals surface area (Å²) < 4.78 is 11.9. The molecular formula is C17H20O2S. The monoisotopic (exact) mass is 288 g/mol. The Labute approximate surface area is 123 Å². The smallest absolute Gasteiger partial charge is 0.126 e. The molecule has 3 heteroatoms. The quantitative estimate of drug-likeness (QED) is 0.859. The highest BCUT2D eigenvalue weighted by atomic mass is 32.2. The minimum atomic E-state index is -0.822. The molecule has 2 rings (SSSR count). The lowest BCUT2D eigenvalue weighted by atomic mass is 10.2. The van der Waals surface area contributed by atoms with E-state index in [1.807, 2.05) is 60.7 Å². The van der Waals surface area contributed by atoms with E-state index < -0.39 is 10.8 Å². The average molecular weight is 288 g/mol. The number of carbonyl (C=O) groups excluding carboxylic acids is 1. The van der Waals surface area contributed by atoms with Crippen molar-refractivity contribution in [2.45, 2.75) is 25.4 Å². The summed E-state index contributed by atoms with van der Waals surface area (Å²) in [5.41, 5.74) is 2.27. The van der Waals surface area contributed by atoms with Crippen molar-refractivity contribution in [1.82, 2.24) is 0 Å². The first-order valence-electron chi connectivity index (χ1n) is 6.48. The highest BCUT2D eigenvalue weighted by Crippen LogP contribution is 2.08. The predicted octanol–water partition coefficient (Wildman–Crippen LogP) is 3.73. The highest BCUT2D eigenvalue weighted by molar-refractivity contribution is 7.83. The molecule has 0 aliphatic rings. The van der Waals surface area contributed by atoms with Gasteiger partial charge in [0.15, 0.2) is 0 Å². The van der Waals surface area contributed by atoms with Gasteiger partial charge in [0.05, 0.1) is 0 Å². The molecule has 0 spiro atoms. The van der Waals surface area contributed by atoms with E-state index in [1.54, 1.807) is 0 Å². The Kier molecular flexibility index (Phi) is 7.51. The van der Waals surface area contributed by atoms with E-state index in [9.17, 15) is 9.00 Å². The second-order valence-corrected chi connectivity index (χ2v) is 6.06. The van der Waals surface area contributed by atoms with Crippen LogP contribution < -0.4 is 0 Å². The summed E-state index contributed by atoms with van der Waals surface area (Å²) in [6.45, 7) is 3.06. The maximum atomic E-state index is 11.9. The van der Waals surface area contributed by atoms with Gasteiger partial charge in [-0.15, -0.1) is 0 Å². The van der Waals surface area contributed by atoms with Crippen LogP contribution >= 0.6 is 0 Å². The van der Waals surface area contributed by atoms with Crippen LogP contribution in [0.4, 0.5) is 0 Å². The summed E-state index contributed by atoms with van der Waals surface area (Å²) in [7, 11) is -0.822. The van der Waals surface area contributed by atoms with Crippen molar-refractivity contribution in [3.05, 3.63) is 71.8 Å². The van der Waals surface area contributed by atoms with Crippen molar-refractivity contribution in [3.63, 3.8) is 0 Å². The van der Waals surface area contributed by atoms with E-state index in [4.69, 9.17) is 0 Å². The van der Waals surface area contributed by atoms with E-state index in [0.717, 1.165) is 11.1 Å². The molecular weight excluding hydrogens is 268 g/mol. The minimum Gasteiger partial charge on any atom is -0.300 e. The third-order valence-electron chi connectivity index (χ3n) is 2.34. The summed E-state index contributed by atoms with van der Waals surface area (Å²) in [5, 5.41) is 0. The number of hydrogen-bond acceptors (Lipinski definition) is 2. The second-order valence-electron chi connectivity index (χ2n) is 4.61. The zero-order valence-electron chi connectivity index (χ0n) is 11.9. The molecule has 0 amide bonds. The SMILES string of the molecule is CC(C)=O.O=S(Cc1ccccc1)Cc1ccccc1. The van der Waals surface area contributed by atoms with Crippen LogP contribution in [-0.2, 0) is 27.1 Å². The van der Waals surface area contributed by atoms with Crippen molar-refractivity contribution in [3.8, 4) is 0 Å². The van der Waals surface area contributed by atoms with Gasteiger partial charge in [-0.2, -0.15) is 0 Å². The third kappa shape index (κ3) is 7.64. The first-order valence-corrected chi connectivity index (χ1v) is 7.96. The van der Waals surface area contributed by atoms with Crippen LogP contribution in [0.15, 0.2) is 60.7 Å². The Morgan fingerprint density at radius 2 is 1.10 bits per heavy atom. The molecule has 0 aliphatic carbocycles. The summed E-state index contributed by atoms with van der Waals surface area (Å²) in [5.74, 6) is 1.44. The van der Waals surface area contributed by atoms with Crippen molar-refractivity contribution < 1.29 is 9.00 Å². The molecule has 0 fully saturated rings.